The lowest BCUT2D eigenvalue weighted by atomic mass is 10.0. The molecule has 3 rings (SSSR count). The van der Waals surface area contributed by atoms with Crippen molar-refractivity contribution in [1.82, 2.24) is 14.9 Å². The topological polar surface area (TPSA) is 78.5 Å². The fourth-order valence-electron chi connectivity index (χ4n) is 3.69. The number of nitrogens with one attached hydrogen (secondary N) is 2. The van der Waals surface area contributed by atoms with E-state index in [1.165, 1.54) is 18.7 Å². The van der Waals surface area contributed by atoms with Gasteiger partial charge in [0.2, 0.25) is 10.0 Å². The van der Waals surface area contributed by atoms with Gasteiger partial charge in [-0.3, -0.25) is 9.69 Å². The Morgan fingerprint density at radius 2 is 1.76 bits per heavy atom. The van der Waals surface area contributed by atoms with Gasteiger partial charge in [0.25, 0.3) is 5.91 Å². The van der Waals surface area contributed by atoms with Crippen molar-refractivity contribution >= 4 is 15.9 Å². The van der Waals surface area contributed by atoms with Crippen LogP contribution in [0.2, 0.25) is 0 Å². The van der Waals surface area contributed by atoms with Crippen molar-refractivity contribution in [2.75, 3.05) is 20.1 Å². The number of nitrogens with zero attached hydrogens (tertiary/aromatic N) is 1. The largest absolute Gasteiger partial charge is 0.349 e. The highest BCUT2D eigenvalue weighted by atomic mass is 32.2. The van der Waals surface area contributed by atoms with E-state index in [1.807, 2.05) is 25.1 Å². The van der Waals surface area contributed by atoms with E-state index in [2.05, 4.69) is 27.1 Å². The lowest BCUT2D eigenvalue weighted by molar-refractivity contribution is 0.0908. The lowest BCUT2D eigenvalue weighted by Gasteiger charge is -2.32. The molecular formula is C22H29N3O3S. The first-order valence-electron chi connectivity index (χ1n) is 9.92. The number of carbonyl (C=O) groups is 1. The second-order valence-corrected chi connectivity index (χ2v) is 9.49. The molecule has 2 N–H and O–H groups in total. The molecule has 156 valence electrons. The number of carbonyl (C=O) groups excluding carboxylic acids is 1. The number of aryl methyl sites for hydroxylation is 1. The number of likely N-dealkylation sites (tertiary alicyclic amines) is 1. The van der Waals surface area contributed by atoms with Crippen molar-refractivity contribution in [3.8, 4) is 0 Å². The highest BCUT2D eigenvalue weighted by Gasteiger charge is 2.23. The number of amides is 1. The minimum absolute atomic E-state index is 0.0977. The summed E-state index contributed by atoms with van der Waals surface area (Å²) in [5.74, 6) is -0.220. The molecule has 7 heteroatoms. The van der Waals surface area contributed by atoms with E-state index in [0.717, 1.165) is 38.0 Å². The molecule has 0 unspecified atom stereocenters. The zero-order valence-electron chi connectivity index (χ0n) is 17.2. The smallest absolute Gasteiger partial charge is 0.251 e. The molecule has 0 atom stereocenters. The average Bonchev–Trinajstić information content (AvgIpc) is 2.72. The normalized spacial score (nSPS) is 16.0. The zero-order valence-corrected chi connectivity index (χ0v) is 18.1. The summed E-state index contributed by atoms with van der Waals surface area (Å²) < 4.78 is 26.9. The predicted octanol–water partition coefficient (Wildman–Crippen LogP) is 2.61. The molecule has 1 aliphatic heterocycles. The summed E-state index contributed by atoms with van der Waals surface area (Å²) in [6.45, 7) is 6.34. The van der Waals surface area contributed by atoms with Crippen LogP contribution >= 0.6 is 0 Å². The van der Waals surface area contributed by atoms with Gasteiger partial charge >= 0.3 is 0 Å². The van der Waals surface area contributed by atoms with Gasteiger partial charge in [-0.25, -0.2) is 13.1 Å². The van der Waals surface area contributed by atoms with Crippen molar-refractivity contribution in [1.29, 1.82) is 0 Å². The van der Waals surface area contributed by atoms with Gasteiger partial charge in [0.1, 0.15) is 0 Å². The van der Waals surface area contributed by atoms with Crippen molar-refractivity contribution in [2.24, 2.45) is 0 Å². The van der Waals surface area contributed by atoms with Gasteiger partial charge in [0.15, 0.2) is 0 Å². The van der Waals surface area contributed by atoms with E-state index in [4.69, 9.17) is 0 Å². The molecule has 0 saturated carbocycles. The van der Waals surface area contributed by atoms with Crippen LogP contribution in [0.1, 0.15) is 39.9 Å². The summed E-state index contributed by atoms with van der Waals surface area (Å²) in [5, 5.41) is 3.08. The third-order valence-electron chi connectivity index (χ3n) is 5.61. The Morgan fingerprint density at radius 3 is 2.38 bits per heavy atom. The molecule has 0 spiro atoms. The standard InChI is InChI=1S/C22H29N3O3S/c1-16-13-19(14-21(17(16)2)29(27,28)23-3)22(26)24-20-9-11-25(12-10-20)15-18-7-5-4-6-8-18/h4-8,13-14,20,23H,9-12,15H2,1-3H3,(H,24,26). The molecule has 1 saturated heterocycles. The Morgan fingerprint density at radius 1 is 1.10 bits per heavy atom. The van der Waals surface area contributed by atoms with E-state index in [9.17, 15) is 13.2 Å². The van der Waals surface area contributed by atoms with Crippen LogP contribution < -0.4 is 10.0 Å². The van der Waals surface area contributed by atoms with Crippen LogP contribution in [0.15, 0.2) is 47.4 Å². The van der Waals surface area contributed by atoms with Crippen LogP contribution in [0.5, 0.6) is 0 Å². The van der Waals surface area contributed by atoms with Gasteiger partial charge in [-0.1, -0.05) is 30.3 Å². The number of hydrogen-bond acceptors (Lipinski definition) is 4. The first-order valence-corrected chi connectivity index (χ1v) is 11.4. The van der Waals surface area contributed by atoms with Crippen molar-refractivity contribution in [3.05, 3.63) is 64.7 Å². The molecule has 1 heterocycles. The molecule has 0 bridgehead atoms. The Hall–Kier alpha value is -2.22. The van der Waals surface area contributed by atoms with Gasteiger partial charge in [-0.05, 0) is 62.6 Å². The number of sulfonamides is 1. The summed E-state index contributed by atoms with van der Waals surface area (Å²) in [5.41, 5.74) is 3.12. The molecule has 2 aromatic carbocycles. The summed E-state index contributed by atoms with van der Waals surface area (Å²) in [7, 11) is -2.24. The molecular weight excluding hydrogens is 386 g/mol. The van der Waals surface area contributed by atoms with Gasteiger partial charge < -0.3 is 5.32 Å². The van der Waals surface area contributed by atoms with Crippen LogP contribution in [0.4, 0.5) is 0 Å². The van der Waals surface area contributed by atoms with E-state index in [1.54, 1.807) is 13.0 Å². The van der Waals surface area contributed by atoms with Crippen molar-refractivity contribution < 1.29 is 13.2 Å². The van der Waals surface area contributed by atoms with Gasteiger partial charge in [-0.2, -0.15) is 0 Å². The second-order valence-electron chi connectivity index (χ2n) is 7.63. The van der Waals surface area contributed by atoms with E-state index >= 15 is 0 Å². The molecule has 0 aromatic heterocycles. The minimum Gasteiger partial charge on any atom is -0.349 e. The molecule has 29 heavy (non-hydrogen) atoms. The molecule has 0 radical (unpaired) electrons. The summed E-state index contributed by atoms with van der Waals surface area (Å²) in [6, 6.07) is 13.7. The van der Waals surface area contributed by atoms with Crippen molar-refractivity contribution in [2.45, 2.75) is 44.2 Å². The Bertz CT molecular complexity index is 966. The maximum atomic E-state index is 12.8. The van der Waals surface area contributed by atoms with Crippen LogP contribution in [0, 0.1) is 13.8 Å². The van der Waals surface area contributed by atoms with Crippen LogP contribution in [0.25, 0.3) is 0 Å². The first kappa shape index (κ1) is 21.5. The third-order valence-corrected chi connectivity index (χ3v) is 7.15. The highest BCUT2D eigenvalue weighted by Crippen LogP contribution is 2.22. The summed E-state index contributed by atoms with van der Waals surface area (Å²) in [4.78, 5) is 15.3. The Kier molecular flexibility index (Phi) is 6.72. The van der Waals surface area contributed by atoms with E-state index in [0.29, 0.717) is 11.1 Å². The van der Waals surface area contributed by atoms with Gasteiger partial charge in [0.05, 0.1) is 4.90 Å². The quantitative estimate of drug-likeness (QED) is 0.760. The molecule has 0 aliphatic carbocycles. The predicted molar refractivity (Wildman–Crippen MR) is 114 cm³/mol. The number of hydrogen-bond donors (Lipinski definition) is 2. The van der Waals surface area contributed by atoms with Gasteiger partial charge in [0, 0.05) is 31.2 Å². The Balaban J connectivity index is 1.63. The lowest BCUT2D eigenvalue weighted by Crippen LogP contribution is -2.44. The molecule has 2 aromatic rings. The number of benzene rings is 2. The summed E-state index contributed by atoms with van der Waals surface area (Å²) in [6.07, 6.45) is 1.76. The number of piperidine rings is 1. The van der Waals surface area contributed by atoms with Crippen LogP contribution in [-0.2, 0) is 16.6 Å². The molecule has 1 fully saturated rings. The van der Waals surface area contributed by atoms with E-state index in [-0.39, 0.29) is 16.8 Å². The van der Waals surface area contributed by atoms with E-state index < -0.39 is 10.0 Å². The minimum atomic E-state index is -3.61. The SMILES string of the molecule is CNS(=O)(=O)c1cc(C(=O)NC2CCN(Cc3ccccc3)CC2)cc(C)c1C. The Labute approximate surface area is 173 Å². The fourth-order valence-corrected chi connectivity index (χ4v) is 4.76. The monoisotopic (exact) mass is 415 g/mol. The maximum Gasteiger partial charge on any atom is 0.251 e. The van der Waals surface area contributed by atoms with Crippen LogP contribution in [0.3, 0.4) is 0 Å². The average molecular weight is 416 g/mol. The first-order chi connectivity index (χ1) is 13.8. The van der Waals surface area contributed by atoms with Crippen LogP contribution in [-0.4, -0.2) is 45.4 Å². The maximum absolute atomic E-state index is 12.8. The molecule has 6 nitrogen and oxygen atoms in total. The molecule has 1 amide bonds. The summed E-state index contributed by atoms with van der Waals surface area (Å²) >= 11 is 0. The zero-order chi connectivity index (χ0) is 21.0. The van der Waals surface area contributed by atoms with Crippen molar-refractivity contribution in [3.63, 3.8) is 0 Å². The number of rotatable bonds is 6. The fraction of sp³-hybridized carbons (Fsp3) is 0.409. The second kappa shape index (κ2) is 9.07. The third kappa shape index (κ3) is 5.23. The van der Waals surface area contributed by atoms with Gasteiger partial charge in [-0.15, -0.1) is 0 Å². The highest BCUT2D eigenvalue weighted by molar-refractivity contribution is 7.89. The molecule has 1 aliphatic rings.